The van der Waals surface area contributed by atoms with E-state index in [1.807, 2.05) is 0 Å². The van der Waals surface area contributed by atoms with E-state index in [0.717, 1.165) is 16.6 Å². The van der Waals surface area contributed by atoms with Crippen molar-refractivity contribution in [3.05, 3.63) is 58.6 Å². The molecule has 0 radical (unpaired) electrons. The number of amides is 1. The molecule has 0 unspecified atom stereocenters. The van der Waals surface area contributed by atoms with Gasteiger partial charge in [-0.05, 0) is 25.1 Å². The van der Waals surface area contributed by atoms with E-state index in [9.17, 15) is 23.3 Å². The molecular weight excluding hydrogens is 374 g/mol. The van der Waals surface area contributed by atoms with Crippen LogP contribution in [0.1, 0.15) is 6.92 Å². The van der Waals surface area contributed by atoms with E-state index in [-0.39, 0.29) is 11.4 Å². The Morgan fingerprint density at radius 1 is 1.22 bits per heavy atom. The maximum Gasteiger partial charge on any atom is 0.271 e. The maximum atomic E-state index is 12.7. The lowest BCUT2D eigenvalue weighted by atomic mass is 10.2. The third-order valence-electron chi connectivity index (χ3n) is 3.75. The zero-order valence-electron chi connectivity index (χ0n) is 14.9. The van der Waals surface area contributed by atoms with Crippen LogP contribution in [0.2, 0.25) is 0 Å². The molecule has 0 aliphatic carbocycles. The fraction of sp³-hybridized carbons (Fsp3) is 0.235. The number of carbonyl (C=O) groups is 1. The molecule has 0 aromatic heterocycles. The van der Waals surface area contributed by atoms with Gasteiger partial charge in [0.15, 0.2) is 0 Å². The third kappa shape index (κ3) is 4.73. The number of nitro groups is 1. The van der Waals surface area contributed by atoms with E-state index in [4.69, 9.17) is 4.74 Å². The van der Waals surface area contributed by atoms with E-state index in [2.05, 4.69) is 5.32 Å². The van der Waals surface area contributed by atoms with Gasteiger partial charge in [-0.25, -0.2) is 8.42 Å². The molecule has 10 heteroatoms. The van der Waals surface area contributed by atoms with Gasteiger partial charge < -0.3 is 10.1 Å². The first-order valence-electron chi connectivity index (χ1n) is 7.83. The Morgan fingerprint density at radius 3 is 2.48 bits per heavy atom. The van der Waals surface area contributed by atoms with Crippen LogP contribution in [0.25, 0.3) is 0 Å². The molecule has 27 heavy (non-hydrogen) atoms. The molecule has 0 bridgehead atoms. The van der Waals surface area contributed by atoms with Gasteiger partial charge in [0.25, 0.3) is 5.69 Å². The second kappa shape index (κ2) is 8.04. The quantitative estimate of drug-likeness (QED) is 0.570. The molecule has 1 amide bonds. The maximum absolute atomic E-state index is 12.7. The SMILES string of the molecule is COc1ccccc1NC(=O)[C@H](C)N(c1cccc([N+](=O)[O-])c1)S(C)(=O)=O. The van der Waals surface area contributed by atoms with Crippen molar-refractivity contribution < 1.29 is 22.9 Å². The Balaban J connectivity index is 2.38. The lowest BCUT2D eigenvalue weighted by molar-refractivity contribution is -0.384. The number of benzene rings is 2. The summed E-state index contributed by atoms with van der Waals surface area (Å²) in [5.41, 5.74) is 0.122. The Bertz CT molecular complexity index is 961. The highest BCUT2D eigenvalue weighted by Gasteiger charge is 2.30. The highest BCUT2D eigenvalue weighted by Crippen LogP contribution is 2.27. The highest BCUT2D eigenvalue weighted by molar-refractivity contribution is 7.92. The lowest BCUT2D eigenvalue weighted by Gasteiger charge is -2.28. The summed E-state index contributed by atoms with van der Waals surface area (Å²) >= 11 is 0. The highest BCUT2D eigenvalue weighted by atomic mass is 32.2. The predicted octanol–water partition coefficient (Wildman–Crippen LogP) is 2.40. The largest absolute Gasteiger partial charge is 0.495 e. The molecular formula is C17H19N3O6S. The average molecular weight is 393 g/mol. The summed E-state index contributed by atoms with van der Waals surface area (Å²) in [5, 5.41) is 13.6. The van der Waals surface area contributed by atoms with Crippen LogP contribution >= 0.6 is 0 Å². The number of para-hydroxylation sites is 2. The number of nitrogens with one attached hydrogen (secondary N) is 1. The molecule has 2 aromatic rings. The Labute approximate surface area is 156 Å². The van der Waals surface area contributed by atoms with Crippen LogP contribution in [0.4, 0.5) is 17.1 Å². The van der Waals surface area contributed by atoms with Gasteiger partial charge in [-0.3, -0.25) is 19.2 Å². The molecule has 0 heterocycles. The van der Waals surface area contributed by atoms with Gasteiger partial charge in [0.1, 0.15) is 11.8 Å². The summed E-state index contributed by atoms with van der Waals surface area (Å²) < 4.78 is 30.6. The van der Waals surface area contributed by atoms with Crippen LogP contribution in [0, 0.1) is 10.1 Å². The standard InChI is InChI=1S/C17H19N3O6S/c1-12(17(21)18-15-9-4-5-10-16(15)26-2)19(27(3,24)25)13-7-6-8-14(11-13)20(22)23/h4-12H,1-3H3,(H,18,21)/t12-/m0/s1. The minimum Gasteiger partial charge on any atom is -0.495 e. The van der Waals surface area contributed by atoms with Crippen molar-refractivity contribution in [1.29, 1.82) is 0 Å². The summed E-state index contributed by atoms with van der Waals surface area (Å²) in [6.07, 6.45) is 0.929. The predicted molar refractivity (Wildman–Crippen MR) is 102 cm³/mol. The fourth-order valence-electron chi connectivity index (χ4n) is 2.54. The molecule has 1 atom stereocenters. The van der Waals surface area contributed by atoms with E-state index < -0.39 is 26.9 Å². The number of carbonyl (C=O) groups excluding carboxylic acids is 1. The van der Waals surface area contributed by atoms with Gasteiger partial charge in [-0.15, -0.1) is 0 Å². The number of nitrogens with zero attached hydrogens (tertiary/aromatic N) is 2. The van der Waals surface area contributed by atoms with Gasteiger partial charge in [0.05, 0.1) is 29.7 Å². The molecule has 144 valence electrons. The van der Waals surface area contributed by atoms with E-state index >= 15 is 0 Å². The number of anilines is 2. The first kappa shape index (κ1) is 20.2. The number of nitro benzene ring substituents is 1. The van der Waals surface area contributed by atoms with Crippen molar-refractivity contribution in [3.8, 4) is 5.75 Å². The zero-order chi connectivity index (χ0) is 20.2. The van der Waals surface area contributed by atoms with Crippen LogP contribution in [0.15, 0.2) is 48.5 Å². The number of sulfonamides is 1. The summed E-state index contributed by atoms with van der Waals surface area (Å²) in [6, 6.07) is 10.6. The summed E-state index contributed by atoms with van der Waals surface area (Å²) in [7, 11) is -2.45. The minimum atomic E-state index is -3.89. The number of rotatable bonds is 7. The first-order valence-corrected chi connectivity index (χ1v) is 9.67. The van der Waals surface area contributed by atoms with Crippen LogP contribution in [0.3, 0.4) is 0 Å². The molecule has 0 aliphatic rings. The van der Waals surface area contributed by atoms with Crippen LogP contribution in [0.5, 0.6) is 5.75 Å². The van der Waals surface area contributed by atoms with E-state index in [1.165, 1.54) is 32.2 Å². The second-order valence-corrected chi connectivity index (χ2v) is 7.56. The van der Waals surface area contributed by atoms with Gasteiger partial charge in [0.2, 0.25) is 15.9 Å². The molecule has 2 aromatic carbocycles. The topological polar surface area (TPSA) is 119 Å². The molecule has 0 aliphatic heterocycles. The normalized spacial score (nSPS) is 12.1. The fourth-order valence-corrected chi connectivity index (χ4v) is 3.70. The van der Waals surface area contributed by atoms with Gasteiger partial charge in [-0.2, -0.15) is 0 Å². The summed E-state index contributed by atoms with van der Waals surface area (Å²) in [6.45, 7) is 1.39. The number of ether oxygens (including phenoxy) is 1. The Kier molecular flexibility index (Phi) is 6.01. The first-order chi connectivity index (χ1) is 12.6. The van der Waals surface area contributed by atoms with Crippen LogP contribution in [-0.2, 0) is 14.8 Å². The number of non-ortho nitro benzene ring substituents is 1. The van der Waals surface area contributed by atoms with Crippen molar-refractivity contribution >= 4 is 33.0 Å². The molecule has 0 spiro atoms. The smallest absolute Gasteiger partial charge is 0.271 e. The van der Waals surface area contributed by atoms with E-state index in [0.29, 0.717) is 11.4 Å². The number of hydrogen-bond donors (Lipinski definition) is 1. The van der Waals surface area contributed by atoms with E-state index in [1.54, 1.807) is 24.3 Å². The molecule has 0 fully saturated rings. The second-order valence-electron chi connectivity index (χ2n) is 5.70. The number of hydrogen-bond acceptors (Lipinski definition) is 6. The van der Waals surface area contributed by atoms with Crippen LogP contribution in [-0.4, -0.2) is 38.7 Å². The molecule has 0 saturated heterocycles. The van der Waals surface area contributed by atoms with Gasteiger partial charge in [-0.1, -0.05) is 18.2 Å². The Hall–Kier alpha value is -3.14. The third-order valence-corrected chi connectivity index (χ3v) is 4.99. The van der Waals surface area contributed by atoms with Gasteiger partial charge >= 0.3 is 0 Å². The van der Waals surface area contributed by atoms with Gasteiger partial charge in [0, 0.05) is 12.1 Å². The van der Waals surface area contributed by atoms with Crippen molar-refractivity contribution in [2.75, 3.05) is 23.0 Å². The molecule has 1 N–H and O–H groups in total. The zero-order valence-corrected chi connectivity index (χ0v) is 15.8. The Morgan fingerprint density at radius 2 is 1.89 bits per heavy atom. The summed E-state index contributed by atoms with van der Waals surface area (Å²) in [5.74, 6) is -0.198. The van der Waals surface area contributed by atoms with Crippen molar-refractivity contribution in [2.24, 2.45) is 0 Å². The number of methoxy groups -OCH3 is 1. The van der Waals surface area contributed by atoms with Crippen molar-refractivity contribution in [3.63, 3.8) is 0 Å². The monoisotopic (exact) mass is 393 g/mol. The minimum absolute atomic E-state index is 0.0226. The van der Waals surface area contributed by atoms with Crippen LogP contribution < -0.4 is 14.4 Å². The van der Waals surface area contributed by atoms with Crippen molar-refractivity contribution in [1.82, 2.24) is 0 Å². The summed E-state index contributed by atoms with van der Waals surface area (Å²) in [4.78, 5) is 23.0. The molecule has 0 saturated carbocycles. The average Bonchev–Trinajstić information content (AvgIpc) is 2.61. The lowest BCUT2D eigenvalue weighted by Crippen LogP contribution is -2.45. The van der Waals surface area contributed by atoms with Crippen molar-refractivity contribution in [2.45, 2.75) is 13.0 Å². The molecule has 2 rings (SSSR count). The molecule has 9 nitrogen and oxygen atoms in total.